The van der Waals surface area contributed by atoms with E-state index >= 15 is 0 Å². The second-order valence-corrected chi connectivity index (χ2v) is 6.84. The van der Waals surface area contributed by atoms with E-state index in [9.17, 15) is 4.79 Å². The van der Waals surface area contributed by atoms with E-state index in [-0.39, 0.29) is 16.1 Å². The normalized spacial score (nSPS) is 11.5. The van der Waals surface area contributed by atoms with Crippen LogP contribution in [-0.4, -0.2) is 49.5 Å². The second kappa shape index (κ2) is 10.0. The molecule has 2 N–H and O–H groups in total. The predicted octanol–water partition coefficient (Wildman–Crippen LogP) is 0.916. The van der Waals surface area contributed by atoms with E-state index in [1.54, 1.807) is 0 Å². The van der Waals surface area contributed by atoms with E-state index in [1.165, 1.54) is 7.11 Å². The third kappa shape index (κ3) is 14.0. The summed E-state index contributed by atoms with van der Waals surface area (Å²) in [5.41, 5.74) is 0. The van der Waals surface area contributed by atoms with Gasteiger partial charge in [-0.25, -0.2) is 0 Å². The minimum absolute atomic E-state index is 0.0826. The number of nitrogens with one attached hydrogen (secondary N) is 2. The van der Waals surface area contributed by atoms with Crippen molar-refractivity contribution in [1.29, 1.82) is 0 Å². The number of carbonyl (C=O) groups excluding carboxylic acids is 1. The zero-order valence-corrected chi connectivity index (χ0v) is 13.0. The van der Waals surface area contributed by atoms with E-state index in [4.69, 9.17) is 9.47 Å². The Balaban J connectivity index is 3.16. The van der Waals surface area contributed by atoms with Gasteiger partial charge in [0, 0.05) is 26.8 Å². The van der Waals surface area contributed by atoms with Crippen molar-refractivity contribution in [2.45, 2.75) is 23.8 Å². The number of halogens is 1. The van der Waals surface area contributed by atoms with Crippen LogP contribution in [0.2, 0.25) is 0 Å². The Morgan fingerprint density at radius 1 is 1.29 bits per heavy atom. The Morgan fingerprint density at radius 3 is 2.59 bits per heavy atom. The summed E-state index contributed by atoms with van der Waals surface area (Å²) in [6.07, 6.45) is 0.823. The van der Waals surface area contributed by atoms with Gasteiger partial charge < -0.3 is 20.1 Å². The molecule has 6 heteroatoms. The van der Waals surface area contributed by atoms with Crippen LogP contribution in [0.1, 0.15) is 20.3 Å². The van der Waals surface area contributed by atoms with Gasteiger partial charge in [-0.1, -0.05) is 22.6 Å². The van der Waals surface area contributed by atoms with Gasteiger partial charge in [0.25, 0.3) is 0 Å². The monoisotopic (exact) mass is 358 g/mol. The number of alkyl halides is 1. The molecule has 0 aliphatic carbocycles. The molecule has 0 aliphatic heterocycles. The number of hydrogen-bond acceptors (Lipinski definition) is 4. The molecular formula is C11H23IN2O3. The van der Waals surface area contributed by atoms with Crippen molar-refractivity contribution >= 4 is 28.5 Å². The van der Waals surface area contributed by atoms with E-state index in [1.807, 2.05) is 0 Å². The lowest BCUT2D eigenvalue weighted by Gasteiger charge is -2.18. The molecule has 0 rings (SSSR count). The smallest absolute Gasteiger partial charge is 0.245 e. The van der Waals surface area contributed by atoms with Gasteiger partial charge in [0.1, 0.15) is 6.61 Å². The molecule has 0 saturated carbocycles. The number of carbonyl (C=O) groups is 1. The van der Waals surface area contributed by atoms with E-state index in [2.05, 4.69) is 47.1 Å². The summed E-state index contributed by atoms with van der Waals surface area (Å²) < 4.78 is 10.2. The van der Waals surface area contributed by atoms with Crippen molar-refractivity contribution in [2.75, 3.05) is 40.0 Å². The maximum Gasteiger partial charge on any atom is 0.245 e. The van der Waals surface area contributed by atoms with Crippen molar-refractivity contribution < 1.29 is 14.3 Å². The summed E-state index contributed by atoms with van der Waals surface area (Å²) in [5.74, 6) is -0.0826. The SMILES string of the molecule is COCC(=O)NCCCOCCNC(C)(C)I. The predicted molar refractivity (Wildman–Crippen MR) is 76.4 cm³/mol. The molecule has 0 aromatic carbocycles. The van der Waals surface area contributed by atoms with Crippen LogP contribution >= 0.6 is 22.6 Å². The van der Waals surface area contributed by atoms with Gasteiger partial charge in [-0.15, -0.1) is 0 Å². The molecule has 0 unspecified atom stereocenters. The molecule has 0 aromatic heterocycles. The summed E-state index contributed by atoms with van der Waals surface area (Å²) in [6.45, 7) is 7.17. The fourth-order valence-electron chi connectivity index (χ4n) is 1.11. The van der Waals surface area contributed by atoms with Crippen LogP contribution in [0.5, 0.6) is 0 Å². The summed E-state index contributed by atoms with van der Waals surface area (Å²) in [6, 6.07) is 0. The molecule has 0 radical (unpaired) electrons. The highest BCUT2D eigenvalue weighted by molar-refractivity contribution is 14.1. The van der Waals surface area contributed by atoms with Crippen molar-refractivity contribution in [3.63, 3.8) is 0 Å². The van der Waals surface area contributed by atoms with Gasteiger partial charge in [-0.2, -0.15) is 0 Å². The molecule has 17 heavy (non-hydrogen) atoms. The Hall–Kier alpha value is 0.0800. The summed E-state index contributed by atoms with van der Waals surface area (Å²) in [7, 11) is 1.50. The van der Waals surface area contributed by atoms with Crippen LogP contribution in [0.25, 0.3) is 0 Å². The largest absolute Gasteiger partial charge is 0.380 e. The van der Waals surface area contributed by atoms with Crippen LogP contribution in [0, 0.1) is 0 Å². The summed E-state index contributed by atoms with van der Waals surface area (Å²) >= 11 is 2.34. The first-order chi connectivity index (χ1) is 7.95. The Bertz CT molecular complexity index is 207. The summed E-state index contributed by atoms with van der Waals surface area (Å²) in [5, 5.41) is 6.06. The van der Waals surface area contributed by atoms with E-state index in [0.717, 1.165) is 13.0 Å². The number of ether oxygens (including phenoxy) is 2. The van der Waals surface area contributed by atoms with Gasteiger partial charge in [0.15, 0.2) is 0 Å². The van der Waals surface area contributed by atoms with E-state index < -0.39 is 0 Å². The number of methoxy groups -OCH3 is 1. The molecule has 0 atom stereocenters. The van der Waals surface area contributed by atoms with Gasteiger partial charge in [-0.05, 0) is 20.3 Å². The average Bonchev–Trinajstić information content (AvgIpc) is 2.21. The van der Waals surface area contributed by atoms with Gasteiger partial charge in [0.2, 0.25) is 5.91 Å². The van der Waals surface area contributed by atoms with E-state index in [0.29, 0.717) is 19.8 Å². The maximum atomic E-state index is 11.0. The number of hydrogen-bond donors (Lipinski definition) is 2. The molecule has 5 nitrogen and oxygen atoms in total. The fourth-order valence-corrected chi connectivity index (χ4v) is 1.38. The Kier molecular flexibility index (Phi) is 10.1. The van der Waals surface area contributed by atoms with Crippen molar-refractivity contribution in [3.05, 3.63) is 0 Å². The lowest BCUT2D eigenvalue weighted by atomic mass is 10.4. The molecule has 102 valence electrons. The van der Waals surface area contributed by atoms with Crippen LogP contribution in [0.15, 0.2) is 0 Å². The summed E-state index contributed by atoms with van der Waals surface area (Å²) in [4.78, 5) is 11.0. The molecule has 0 spiro atoms. The standard InChI is InChI=1S/C11H23IN2O3/c1-11(2,12)14-6-8-17-7-4-5-13-10(15)9-16-3/h14H,4-9H2,1-3H3,(H,13,15). The highest BCUT2D eigenvalue weighted by Gasteiger charge is 2.09. The van der Waals surface area contributed by atoms with Crippen LogP contribution in [0.4, 0.5) is 0 Å². The molecule has 0 saturated heterocycles. The molecule has 1 amide bonds. The van der Waals surface area contributed by atoms with Gasteiger partial charge >= 0.3 is 0 Å². The number of amides is 1. The molecular weight excluding hydrogens is 335 g/mol. The highest BCUT2D eigenvalue weighted by atomic mass is 127. The quantitative estimate of drug-likeness (QED) is 0.264. The topological polar surface area (TPSA) is 59.6 Å². The van der Waals surface area contributed by atoms with Crippen molar-refractivity contribution in [1.82, 2.24) is 10.6 Å². The molecule has 0 aliphatic rings. The average molecular weight is 358 g/mol. The van der Waals surface area contributed by atoms with Crippen LogP contribution in [0.3, 0.4) is 0 Å². The Morgan fingerprint density at radius 2 is 2.00 bits per heavy atom. The fraction of sp³-hybridized carbons (Fsp3) is 0.909. The Labute approximate surface area is 117 Å². The first kappa shape index (κ1) is 17.1. The lowest BCUT2D eigenvalue weighted by Crippen LogP contribution is -2.35. The minimum atomic E-state index is -0.0826. The molecule has 0 bridgehead atoms. The lowest BCUT2D eigenvalue weighted by molar-refractivity contribution is -0.124. The highest BCUT2D eigenvalue weighted by Crippen LogP contribution is 2.10. The minimum Gasteiger partial charge on any atom is -0.380 e. The molecule has 0 fully saturated rings. The third-order valence-corrected chi connectivity index (χ3v) is 2.24. The maximum absolute atomic E-state index is 11.0. The van der Waals surface area contributed by atoms with Crippen molar-refractivity contribution in [3.8, 4) is 0 Å². The zero-order valence-electron chi connectivity index (χ0n) is 10.8. The third-order valence-electron chi connectivity index (χ3n) is 1.85. The molecule has 0 aromatic rings. The van der Waals surface area contributed by atoms with Crippen LogP contribution < -0.4 is 10.6 Å². The van der Waals surface area contributed by atoms with Crippen LogP contribution in [-0.2, 0) is 14.3 Å². The molecule has 0 heterocycles. The first-order valence-electron chi connectivity index (χ1n) is 5.73. The van der Waals surface area contributed by atoms with Gasteiger partial charge in [0.05, 0.1) is 10.2 Å². The first-order valence-corrected chi connectivity index (χ1v) is 6.81. The second-order valence-electron chi connectivity index (χ2n) is 4.15. The number of rotatable bonds is 10. The zero-order chi connectivity index (χ0) is 13.1. The van der Waals surface area contributed by atoms with Gasteiger partial charge in [-0.3, -0.25) is 4.79 Å². The van der Waals surface area contributed by atoms with Crippen molar-refractivity contribution in [2.24, 2.45) is 0 Å².